The second kappa shape index (κ2) is 6.82. The van der Waals surface area contributed by atoms with Gasteiger partial charge in [0.25, 0.3) is 5.91 Å². The van der Waals surface area contributed by atoms with Crippen molar-refractivity contribution in [3.05, 3.63) is 78.1 Å². The van der Waals surface area contributed by atoms with E-state index in [1.165, 1.54) is 18.5 Å². The predicted molar refractivity (Wildman–Crippen MR) is 86.1 cm³/mol. The first-order chi connectivity index (χ1) is 11.6. The second-order valence-electron chi connectivity index (χ2n) is 4.86. The number of amides is 1. The van der Waals surface area contributed by atoms with Crippen molar-refractivity contribution in [2.45, 2.75) is 0 Å². The lowest BCUT2D eigenvalue weighted by Crippen LogP contribution is -2.13. The van der Waals surface area contributed by atoms with Gasteiger partial charge in [-0.1, -0.05) is 18.2 Å². The number of hydrogen-bond acceptors (Lipinski definition) is 4. The summed E-state index contributed by atoms with van der Waals surface area (Å²) in [5.74, 6) is -1.70. The number of nitrogens with zero attached hydrogens (tertiary/aromatic N) is 2. The van der Waals surface area contributed by atoms with Crippen LogP contribution < -0.4 is 10.6 Å². The molecule has 3 aromatic rings. The molecule has 7 heteroatoms. The number of aromatic nitrogens is 2. The molecule has 1 heterocycles. The third kappa shape index (κ3) is 3.70. The summed E-state index contributed by atoms with van der Waals surface area (Å²) < 4.78 is 26.4. The first-order valence-corrected chi connectivity index (χ1v) is 7.02. The Bertz CT molecular complexity index is 854. The van der Waals surface area contributed by atoms with Crippen molar-refractivity contribution in [1.29, 1.82) is 0 Å². The number of nitrogens with one attached hydrogen (secondary N) is 2. The minimum atomic E-state index is -0.760. The van der Waals surface area contributed by atoms with E-state index in [1.807, 2.05) is 6.07 Å². The standard InChI is InChI=1S/C17H12F2N4O/c18-12-6-7-15(14(19)8-12)23-17-20-9-11(10-21-17)16(24)22-13-4-2-1-3-5-13/h1-10H,(H,22,24)(H,20,21,23). The minimum absolute atomic E-state index is 0.0397. The molecule has 120 valence electrons. The molecule has 0 saturated carbocycles. The molecule has 0 aliphatic rings. The van der Waals surface area contributed by atoms with E-state index in [4.69, 9.17) is 0 Å². The molecule has 2 aromatic carbocycles. The molecule has 0 bridgehead atoms. The van der Waals surface area contributed by atoms with Crippen LogP contribution in [-0.2, 0) is 0 Å². The molecule has 0 aliphatic carbocycles. The third-order valence-electron chi connectivity index (χ3n) is 3.12. The van der Waals surface area contributed by atoms with Gasteiger partial charge in [0.05, 0.1) is 11.3 Å². The Kier molecular flexibility index (Phi) is 4.42. The predicted octanol–water partition coefficient (Wildman–Crippen LogP) is 3.75. The fourth-order valence-electron chi connectivity index (χ4n) is 1.95. The van der Waals surface area contributed by atoms with Crippen LogP contribution in [0.3, 0.4) is 0 Å². The van der Waals surface area contributed by atoms with Gasteiger partial charge in [0.2, 0.25) is 5.95 Å². The normalized spacial score (nSPS) is 10.2. The Morgan fingerprint density at radius 1 is 0.958 bits per heavy atom. The lowest BCUT2D eigenvalue weighted by molar-refractivity contribution is 0.102. The highest BCUT2D eigenvalue weighted by molar-refractivity contribution is 6.03. The number of carbonyl (C=O) groups is 1. The monoisotopic (exact) mass is 326 g/mol. The van der Waals surface area contributed by atoms with Crippen molar-refractivity contribution in [3.8, 4) is 0 Å². The molecule has 24 heavy (non-hydrogen) atoms. The van der Waals surface area contributed by atoms with E-state index < -0.39 is 11.6 Å². The van der Waals surface area contributed by atoms with Crippen LogP contribution in [0.1, 0.15) is 10.4 Å². The molecule has 0 radical (unpaired) electrons. The SMILES string of the molecule is O=C(Nc1ccccc1)c1cnc(Nc2ccc(F)cc2F)nc1. The van der Waals surface area contributed by atoms with Gasteiger partial charge in [0.15, 0.2) is 0 Å². The van der Waals surface area contributed by atoms with Crippen molar-refractivity contribution in [2.75, 3.05) is 10.6 Å². The van der Waals surface area contributed by atoms with Crippen molar-refractivity contribution >= 4 is 23.2 Å². The third-order valence-corrected chi connectivity index (χ3v) is 3.12. The zero-order valence-electron chi connectivity index (χ0n) is 12.3. The molecule has 0 saturated heterocycles. The molecular formula is C17H12F2N4O. The number of benzene rings is 2. The van der Waals surface area contributed by atoms with Crippen molar-refractivity contribution < 1.29 is 13.6 Å². The first kappa shape index (κ1) is 15.5. The molecule has 0 fully saturated rings. The molecule has 5 nitrogen and oxygen atoms in total. The van der Waals surface area contributed by atoms with Crippen LogP contribution in [0.5, 0.6) is 0 Å². The van der Waals surface area contributed by atoms with Gasteiger partial charge in [0, 0.05) is 24.1 Å². The van der Waals surface area contributed by atoms with Gasteiger partial charge in [-0.3, -0.25) is 4.79 Å². The van der Waals surface area contributed by atoms with Crippen LogP contribution in [-0.4, -0.2) is 15.9 Å². The van der Waals surface area contributed by atoms with Crippen molar-refractivity contribution in [3.63, 3.8) is 0 Å². The summed E-state index contributed by atoms with van der Waals surface area (Å²) in [5, 5.41) is 5.32. The van der Waals surface area contributed by atoms with Crippen molar-refractivity contribution in [2.24, 2.45) is 0 Å². The van der Waals surface area contributed by atoms with Gasteiger partial charge < -0.3 is 10.6 Å². The molecule has 1 aromatic heterocycles. The van der Waals surface area contributed by atoms with Crippen LogP contribution in [0.25, 0.3) is 0 Å². The fourth-order valence-corrected chi connectivity index (χ4v) is 1.95. The average molecular weight is 326 g/mol. The zero-order valence-corrected chi connectivity index (χ0v) is 12.3. The number of rotatable bonds is 4. The molecular weight excluding hydrogens is 314 g/mol. The number of anilines is 3. The Morgan fingerprint density at radius 2 is 1.67 bits per heavy atom. The van der Waals surface area contributed by atoms with Gasteiger partial charge in [-0.15, -0.1) is 0 Å². The average Bonchev–Trinajstić information content (AvgIpc) is 2.59. The first-order valence-electron chi connectivity index (χ1n) is 7.02. The zero-order chi connectivity index (χ0) is 16.9. The maximum absolute atomic E-state index is 13.6. The Balaban J connectivity index is 1.70. The van der Waals surface area contributed by atoms with E-state index in [2.05, 4.69) is 20.6 Å². The molecule has 0 atom stereocenters. The Labute approximate surface area is 136 Å². The lowest BCUT2D eigenvalue weighted by atomic mass is 10.3. The summed E-state index contributed by atoms with van der Waals surface area (Å²) in [5.41, 5.74) is 0.944. The Morgan fingerprint density at radius 3 is 2.33 bits per heavy atom. The minimum Gasteiger partial charge on any atom is -0.322 e. The maximum atomic E-state index is 13.6. The molecule has 3 rings (SSSR count). The highest BCUT2D eigenvalue weighted by Crippen LogP contribution is 2.18. The maximum Gasteiger partial charge on any atom is 0.258 e. The lowest BCUT2D eigenvalue weighted by Gasteiger charge is -2.07. The smallest absolute Gasteiger partial charge is 0.258 e. The van der Waals surface area contributed by atoms with Crippen LogP contribution in [0.4, 0.5) is 26.1 Å². The van der Waals surface area contributed by atoms with Gasteiger partial charge >= 0.3 is 0 Å². The van der Waals surface area contributed by atoms with Gasteiger partial charge in [-0.25, -0.2) is 18.7 Å². The van der Waals surface area contributed by atoms with E-state index in [-0.39, 0.29) is 23.1 Å². The van der Waals surface area contributed by atoms with Gasteiger partial charge in [0.1, 0.15) is 11.6 Å². The topological polar surface area (TPSA) is 66.9 Å². The van der Waals surface area contributed by atoms with E-state index in [9.17, 15) is 13.6 Å². The number of hydrogen-bond donors (Lipinski definition) is 2. The van der Waals surface area contributed by atoms with Gasteiger partial charge in [-0.2, -0.15) is 0 Å². The molecule has 2 N–H and O–H groups in total. The summed E-state index contributed by atoms with van der Waals surface area (Å²) in [7, 11) is 0. The summed E-state index contributed by atoms with van der Waals surface area (Å²) in [4.78, 5) is 20.0. The van der Waals surface area contributed by atoms with Crippen LogP contribution in [0, 0.1) is 11.6 Å². The van der Waals surface area contributed by atoms with Crippen LogP contribution >= 0.6 is 0 Å². The van der Waals surface area contributed by atoms with Crippen LogP contribution in [0.15, 0.2) is 60.9 Å². The number of para-hydroxylation sites is 1. The van der Waals surface area contributed by atoms with Crippen LogP contribution in [0.2, 0.25) is 0 Å². The second-order valence-corrected chi connectivity index (χ2v) is 4.86. The largest absolute Gasteiger partial charge is 0.322 e. The van der Waals surface area contributed by atoms with E-state index in [0.717, 1.165) is 12.1 Å². The Hall–Kier alpha value is -3.35. The highest BCUT2D eigenvalue weighted by Gasteiger charge is 2.09. The highest BCUT2D eigenvalue weighted by atomic mass is 19.1. The van der Waals surface area contributed by atoms with Gasteiger partial charge in [-0.05, 0) is 24.3 Å². The number of carbonyl (C=O) groups excluding carboxylic acids is 1. The summed E-state index contributed by atoms with van der Waals surface area (Å²) in [6, 6.07) is 12.1. The molecule has 0 spiro atoms. The summed E-state index contributed by atoms with van der Waals surface area (Å²) in [6.45, 7) is 0. The van der Waals surface area contributed by atoms with E-state index in [1.54, 1.807) is 24.3 Å². The summed E-state index contributed by atoms with van der Waals surface area (Å²) in [6.07, 6.45) is 2.63. The fraction of sp³-hybridized carbons (Fsp3) is 0. The van der Waals surface area contributed by atoms with E-state index >= 15 is 0 Å². The van der Waals surface area contributed by atoms with Crippen molar-refractivity contribution in [1.82, 2.24) is 9.97 Å². The number of halogens is 2. The van der Waals surface area contributed by atoms with E-state index in [0.29, 0.717) is 5.69 Å². The molecule has 0 unspecified atom stereocenters. The molecule has 1 amide bonds. The quantitative estimate of drug-likeness (QED) is 0.766. The molecule has 0 aliphatic heterocycles. The summed E-state index contributed by atoms with van der Waals surface area (Å²) >= 11 is 0.